The molecular formula is C26H34N4O3S. The first kappa shape index (κ1) is 24.4. The van der Waals surface area contributed by atoms with Gasteiger partial charge < -0.3 is 4.90 Å². The molecule has 0 bridgehead atoms. The van der Waals surface area contributed by atoms with Crippen molar-refractivity contribution in [3.63, 3.8) is 0 Å². The van der Waals surface area contributed by atoms with E-state index in [1.54, 1.807) is 17.0 Å². The van der Waals surface area contributed by atoms with Gasteiger partial charge in [-0.2, -0.15) is 9.40 Å². The molecule has 0 unspecified atom stereocenters. The predicted molar refractivity (Wildman–Crippen MR) is 134 cm³/mol. The Bertz CT molecular complexity index is 1290. The van der Waals surface area contributed by atoms with Crippen molar-refractivity contribution >= 4 is 26.7 Å². The van der Waals surface area contributed by atoms with Crippen LogP contribution in [0.4, 0.5) is 0 Å². The van der Waals surface area contributed by atoms with Crippen LogP contribution in [0.2, 0.25) is 0 Å². The molecule has 34 heavy (non-hydrogen) atoms. The summed E-state index contributed by atoms with van der Waals surface area (Å²) in [7, 11) is -3.59. The molecule has 2 aromatic carbocycles. The van der Waals surface area contributed by atoms with Crippen LogP contribution in [-0.2, 0) is 27.8 Å². The van der Waals surface area contributed by atoms with Gasteiger partial charge in [-0.1, -0.05) is 44.2 Å². The number of carbonyl (C=O) groups excluding carboxylic acids is 1. The minimum atomic E-state index is -3.59. The highest BCUT2D eigenvalue weighted by Gasteiger charge is 2.30. The molecular weight excluding hydrogens is 448 g/mol. The first-order valence-corrected chi connectivity index (χ1v) is 13.4. The number of benzene rings is 2. The van der Waals surface area contributed by atoms with Crippen LogP contribution in [0.25, 0.3) is 10.8 Å². The van der Waals surface area contributed by atoms with Crippen molar-refractivity contribution in [2.75, 3.05) is 26.2 Å². The molecule has 4 rings (SSSR count). The number of nitrogens with zero attached hydrogens (tertiary/aromatic N) is 4. The van der Waals surface area contributed by atoms with E-state index in [2.05, 4.69) is 25.9 Å². The molecule has 0 spiro atoms. The average molecular weight is 483 g/mol. The van der Waals surface area contributed by atoms with Crippen molar-refractivity contribution in [3.05, 3.63) is 59.4 Å². The second-order valence-electron chi connectivity index (χ2n) is 9.52. The molecule has 0 radical (unpaired) electrons. The van der Waals surface area contributed by atoms with Crippen molar-refractivity contribution < 1.29 is 13.2 Å². The van der Waals surface area contributed by atoms with E-state index in [-0.39, 0.29) is 5.91 Å². The number of amides is 1. The van der Waals surface area contributed by atoms with E-state index in [1.165, 1.54) is 4.31 Å². The van der Waals surface area contributed by atoms with Crippen LogP contribution in [0.1, 0.15) is 37.2 Å². The number of hydrogen-bond acceptors (Lipinski definition) is 4. The number of aromatic nitrogens is 2. The fourth-order valence-corrected chi connectivity index (χ4v) is 6.12. The van der Waals surface area contributed by atoms with E-state index in [0.29, 0.717) is 49.8 Å². The largest absolute Gasteiger partial charge is 0.340 e. The molecule has 0 atom stereocenters. The molecule has 0 N–H and O–H groups in total. The third kappa shape index (κ3) is 5.03. The third-order valence-electron chi connectivity index (χ3n) is 6.61. The van der Waals surface area contributed by atoms with Gasteiger partial charge in [0.05, 0.1) is 10.6 Å². The molecule has 182 valence electrons. The number of carbonyl (C=O) groups is 1. The van der Waals surface area contributed by atoms with Gasteiger partial charge in [0.2, 0.25) is 15.9 Å². The smallest absolute Gasteiger partial charge is 0.243 e. The quantitative estimate of drug-likeness (QED) is 0.514. The van der Waals surface area contributed by atoms with Crippen molar-refractivity contribution in [2.45, 2.75) is 52.0 Å². The Balaban J connectivity index is 1.36. The van der Waals surface area contributed by atoms with E-state index in [1.807, 2.05) is 41.9 Å². The molecule has 1 aliphatic heterocycles. The van der Waals surface area contributed by atoms with Gasteiger partial charge >= 0.3 is 0 Å². The summed E-state index contributed by atoms with van der Waals surface area (Å²) in [5.41, 5.74) is 3.26. The topological polar surface area (TPSA) is 75.5 Å². The van der Waals surface area contributed by atoms with Crippen LogP contribution in [0.3, 0.4) is 0 Å². The van der Waals surface area contributed by atoms with Gasteiger partial charge in [-0.3, -0.25) is 9.48 Å². The number of piperazine rings is 1. The number of fused-ring (bicyclic) bond motifs is 1. The Hall–Kier alpha value is -2.71. The van der Waals surface area contributed by atoms with Gasteiger partial charge in [0, 0.05) is 44.8 Å². The van der Waals surface area contributed by atoms with Crippen LogP contribution in [0, 0.1) is 19.8 Å². The first-order valence-electron chi connectivity index (χ1n) is 12.0. The van der Waals surface area contributed by atoms with Gasteiger partial charge in [0.1, 0.15) is 0 Å². The summed E-state index contributed by atoms with van der Waals surface area (Å²) in [6.07, 6.45) is 1.07. The Labute approximate surface area is 202 Å². The zero-order valence-electron chi connectivity index (χ0n) is 20.5. The van der Waals surface area contributed by atoms with E-state index in [9.17, 15) is 13.2 Å². The molecule has 1 saturated heterocycles. The summed E-state index contributed by atoms with van der Waals surface area (Å²) in [5.74, 6) is 0.577. The Morgan fingerprint density at radius 1 is 1.00 bits per heavy atom. The molecule has 3 aromatic rings. The van der Waals surface area contributed by atoms with E-state index in [0.717, 1.165) is 34.3 Å². The van der Waals surface area contributed by atoms with Crippen LogP contribution < -0.4 is 0 Å². The van der Waals surface area contributed by atoms with Crippen molar-refractivity contribution in [1.82, 2.24) is 19.0 Å². The predicted octanol–water partition coefficient (Wildman–Crippen LogP) is 3.77. The second-order valence-corrected chi connectivity index (χ2v) is 11.5. The summed E-state index contributed by atoms with van der Waals surface area (Å²) >= 11 is 0. The zero-order valence-corrected chi connectivity index (χ0v) is 21.3. The monoisotopic (exact) mass is 482 g/mol. The molecule has 1 amide bonds. The lowest BCUT2D eigenvalue weighted by molar-refractivity contribution is -0.132. The fraction of sp³-hybridized carbons (Fsp3) is 0.462. The summed E-state index contributed by atoms with van der Waals surface area (Å²) in [4.78, 5) is 15.0. The van der Waals surface area contributed by atoms with E-state index in [4.69, 9.17) is 0 Å². The Morgan fingerprint density at radius 2 is 1.68 bits per heavy atom. The highest BCUT2D eigenvalue weighted by atomic mass is 32.2. The molecule has 1 fully saturated rings. The minimum Gasteiger partial charge on any atom is -0.340 e. The van der Waals surface area contributed by atoms with Crippen molar-refractivity contribution in [1.29, 1.82) is 0 Å². The lowest BCUT2D eigenvalue weighted by Gasteiger charge is -2.34. The molecule has 0 aliphatic carbocycles. The summed E-state index contributed by atoms with van der Waals surface area (Å²) < 4.78 is 29.9. The normalized spacial score (nSPS) is 15.4. The lowest BCUT2D eigenvalue weighted by Crippen LogP contribution is -2.50. The second kappa shape index (κ2) is 9.88. The summed E-state index contributed by atoms with van der Waals surface area (Å²) in [5, 5.41) is 6.56. The molecule has 7 nitrogen and oxygen atoms in total. The van der Waals surface area contributed by atoms with Crippen molar-refractivity contribution in [2.24, 2.45) is 5.92 Å². The summed E-state index contributed by atoms with van der Waals surface area (Å²) in [6, 6.07) is 13.0. The Kier molecular flexibility index (Phi) is 7.09. The van der Waals surface area contributed by atoms with Gasteiger partial charge in [-0.05, 0) is 54.7 Å². The number of rotatable bonds is 7. The number of hydrogen-bond donors (Lipinski definition) is 0. The molecule has 1 aliphatic rings. The van der Waals surface area contributed by atoms with E-state index >= 15 is 0 Å². The van der Waals surface area contributed by atoms with Crippen LogP contribution in [0.5, 0.6) is 0 Å². The van der Waals surface area contributed by atoms with Gasteiger partial charge in [0.15, 0.2) is 0 Å². The zero-order chi connectivity index (χ0) is 24.5. The van der Waals surface area contributed by atoms with Gasteiger partial charge in [0.25, 0.3) is 0 Å². The van der Waals surface area contributed by atoms with Crippen LogP contribution in [-0.4, -0.2) is 59.5 Å². The first-order chi connectivity index (χ1) is 16.2. The maximum Gasteiger partial charge on any atom is 0.243 e. The maximum absolute atomic E-state index is 13.2. The standard InChI is InChI=1S/C26H34N4O3S/c1-19(2)18-30-21(4)25(20(3)27-30)11-12-26(31)28-13-15-29(16-14-28)34(32,33)24-10-9-22-7-5-6-8-23(22)17-24/h5-10,17,19H,11-16,18H2,1-4H3. The minimum absolute atomic E-state index is 0.0677. The van der Waals surface area contributed by atoms with Gasteiger partial charge in [-0.15, -0.1) is 0 Å². The Morgan fingerprint density at radius 3 is 2.35 bits per heavy atom. The highest BCUT2D eigenvalue weighted by Crippen LogP contribution is 2.23. The fourth-order valence-electron chi connectivity index (χ4n) is 4.66. The SMILES string of the molecule is Cc1nn(CC(C)C)c(C)c1CCC(=O)N1CCN(S(=O)(=O)c2ccc3ccccc3c2)CC1. The van der Waals surface area contributed by atoms with Gasteiger partial charge in [-0.25, -0.2) is 8.42 Å². The van der Waals surface area contributed by atoms with Crippen LogP contribution in [0.15, 0.2) is 47.4 Å². The highest BCUT2D eigenvalue weighted by molar-refractivity contribution is 7.89. The number of sulfonamides is 1. The van der Waals surface area contributed by atoms with Crippen LogP contribution >= 0.6 is 0 Å². The molecule has 8 heteroatoms. The lowest BCUT2D eigenvalue weighted by atomic mass is 10.1. The molecule has 2 heterocycles. The average Bonchev–Trinajstić information content (AvgIpc) is 3.08. The summed E-state index contributed by atoms with van der Waals surface area (Å²) in [6.45, 7) is 10.7. The van der Waals surface area contributed by atoms with Crippen molar-refractivity contribution in [3.8, 4) is 0 Å². The third-order valence-corrected chi connectivity index (χ3v) is 8.50. The molecule has 0 saturated carbocycles. The van der Waals surface area contributed by atoms with E-state index < -0.39 is 10.0 Å². The maximum atomic E-state index is 13.2. The molecule has 1 aromatic heterocycles. The number of aryl methyl sites for hydroxylation is 1.